The molecule has 0 saturated heterocycles. The van der Waals surface area contributed by atoms with E-state index < -0.39 is 7.82 Å². The van der Waals surface area contributed by atoms with E-state index >= 15 is 0 Å². The standard InChI is InChI=1S/C28H45O8P/c1-3-5-6-7-8-9-10-11-15-26-18-17-25-14-12-13-16-27(25)28(26)35-36-37(29,30)34-24-23-33-22-21-32-20-19-31-4-2/h12-14,16-18H,3-11,15,19-24H2,1-2H3,(H,29,30). The molecule has 9 heteroatoms. The van der Waals surface area contributed by atoms with Gasteiger partial charge >= 0.3 is 7.82 Å². The van der Waals surface area contributed by atoms with Crippen LogP contribution in [0, 0.1) is 0 Å². The Morgan fingerprint density at radius 1 is 0.730 bits per heavy atom. The van der Waals surface area contributed by atoms with E-state index in [4.69, 9.17) is 28.3 Å². The van der Waals surface area contributed by atoms with E-state index in [2.05, 4.69) is 6.92 Å². The lowest BCUT2D eigenvalue weighted by Gasteiger charge is -2.15. The van der Waals surface area contributed by atoms with Gasteiger partial charge in [-0.1, -0.05) is 92.9 Å². The van der Waals surface area contributed by atoms with Gasteiger partial charge in [0.25, 0.3) is 0 Å². The number of hydrogen-bond acceptors (Lipinski definition) is 7. The molecule has 2 rings (SSSR count). The smallest absolute Gasteiger partial charge is 0.379 e. The van der Waals surface area contributed by atoms with Crippen LogP contribution in [0.2, 0.25) is 0 Å². The fourth-order valence-electron chi connectivity index (χ4n) is 3.93. The first-order valence-corrected chi connectivity index (χ1v) is 15.1. The third-order valence-electron chi connectivity index (χ3n) is 5.91. The first-order valence-electron chi connectivity index (χ1n) is 13.6. The van der Waals surface area contributed by atoms with E-state index in [1.165, 1.54) is 38.5 Å². The van der Waals surface area contributed by atoms with Gasteiger partial charge in [-0.3, -0.25) is 4.52 Å². The van der Waals surface area contributed by atoms with Crippen LogP contribution in [0.3, 0.4) is 0 Å². The maximum Gasteiger partial charge on any atom is 0.508 e. The van der Waals surface area contributed by atoms with Gasteiger partial charge in [0.15, 0.2) is 5.75 Å². The van der Waals surface area contributed by atoms with E-state index in [1.807, 2.05) is 43.3 Å². The molecule has 0 spiro atoms. The van der Waals surface area contributed by atoms with E-state index in [1.54, 1.807) is 0 Å². The highest BCUT2D eigenvalue weighted by Crippen LogP contribution is 2.44. The summed E-state index contributed by atoms with van der Waals surface area (Å²) in [5.41, 5.74) is 0.942. The summed E-state index contributed by atoms with van der Waals surface area (Å²) in [4.78, 5) is 15.6. The molecule has 1 atom stereocenters. The van der Waals surface area contributed by atoms with Crippen molar-refractivity contribution in [2.75, 3.05) is 46.2 Å². The van der Waals surface area contributed by atoms with Gasteiger partial charge in [-0.25, -0.2) is 4.57 Å². The van der Waals surface area contributed by atoms with Crippen LogP contribution in [0.4, 0.5) is 0 Å². The van der Waals surface area contributed by atoms with E-state index in [9.17, 15) is 9.46 Å². The van der Waals surface area contributed by atoms with E-state index in [-0.39, 0.29) is 13.2 Å². The molecule has 0 aliphatic heterocycles. The maximum absolute atomic E-state index is 12.4. The van der Waals surface area contributed by atoms with Crippen molar-refractivity contribution in [3.63, 3.8) is 0 Å². The number of rotatable bonds is 23. The lowest BCUT2D eigenvalue weighted by molar-refractivity contribution is -0.128. The molecular weight excluding hydrogens is 495 g/mol. The van der Waals surface area contributed by atoms with Crippen molar-refractivity contribution in [3.8, 4) is 5.75 Å². The number of hydrogen-bond donors (Lipinski definition) is 1. The van der Waals surface area contributed by atoms with Crippen LogP contribution in [-0.2, 0) is 34.4 Å². The van der Waals surface area contributed by atoms with E-state index in [0.29, 0.717) is 38.8 Å². The van der Waals surface area contributed by atoms with Crippen molar-refractivity contribution in [2.45, 2.75) is 71.6 Å². The number of fused-ring (bicyclic) bond motifs is 1. The van der Waals surface area contributed by atoms with Crippen LogP contribution in [0.1, 0.15) is 70.8 Å². The maximum atomic E-state index is 12.4. The van der Waals surface area contributed by atoms with Crippen molar-refractivity contribution in [2.24, 2.45) is 0 Å². The van der Waals surface area contributed by atoms with Crippen LogP contribution < -0.4 is 4.89 Å². The quantitative estimate of drug-likeness (QED) is 0.0696. The summed E-state index contributed by atoms with van der Waals surface area (Å²) in [7, 11) is -4.43. The van der Waals surface area contributed by atoms with Crippen LogP contribution in [0.5, 0.6) is 5.75 Å². The minimum absolute atomic E-state index is 0.114. The molecule has 0 saturated carbocycles. The lowest BCUT2D eigenvalue weighted by Crippen LogP contribution is -2.12. The Bertz CT molecular complexity index is 907. The molecule has 210 valence electrons. The monoisotopic (exact) mass is 540 g/mol. The molecule has 0 fully saturated rings. The van der Waals surface area contributed by atoms with Gasteiger partial charge in [0.1, 0.15) is 0 Å². The second-order valence-electron chi connectivity index (χ2n) is 8.88. The molecule has 0 bridgehead atoms. The number of phosphoric ester groups is 1. The molecule has 8 nitrogen and oxygen atoms in total. The number of phosphoric acid groups is 1. The predicted octanol–water partition coefficient (Wildman–Crippen LogP) is 7.02. The second-order valence-corrected chi connectivity index (χ2v) is 10.2. The SMILES string of the molecule is CCCCCCCCCCc1ccc2ccccc2c1OOP(=O)(O)OCCOCCOCCOCC. The molecule has 0 amide bonds. The minimum Gasteiger partial charge on any atom is -0.379 e. The first-order chi connectivity index (χ1) is 18.1. The average molecular weight is 541 g/mol. The molecule has 0 radical (unpaired) electrons. The molecule has 1 N–H and O–H groups in total. The summed E-state index contributed by atoms with van der Waals surface area (Å²) in [6.45, 7) is 6.63. The minimum atomic E-state index is -4.43. The molecule has 0 aliphatic carbocycles. The Kier molecular flexibility index (Phi) is 16.7. The van der Waals surface area contributed by atoms with Crippen molar-refractivity contribution in [3.05, 3.63) is 42.0 Å². The Hall–Kier alpha value is -1.51. The highest BCUT2D eigenvalue weighted by atomic mass is 31.2. The van der Waals surface area contributed by atoms with Gasteiger partial charge in [-0.2, -0.15) is 0 Å². The van der Waals surface area contributed by atoms with Gasteiger partial charge in [-0.05, 0) is 30.7 Å². The number of aryl methyl sites for hydroxylation is 1. The van der Waals surface area contributed by atoms with Crippen molar-refractivity contribution in [1.29, 1.82) is 0 Å². The highest BCUT2D eigenvalue weighted by molar-refractivity contribution is 7.47. The summed E-state index contributed by atoms with van der Waals surface area (Å²) in [6, 6.07) is 11.8. The molecular formula is C28H45O8P. The van der Waals surface area contributed by atoms with Crippen molar-refractivity contribution < 1.29 is 37.8 Å². The predicted molar refractivity (Wildman–Crippen MR) is 146 cm³/mol. The zero-order valence-electron chi connectivity index (χ0n) is 22.5. The highest BCUT2D eigenvalue weighted by Gasteiger charge is 2.25. The van der Waals surface area contributed by atoms with Crippen LogP contribution in [-0.4, -0.2) is 51.1 Å². The molecule has 37 heavy (non-hydrogen) atoms. The van der Waals surface area contributed by atoms with Crippen LogP contribution >= 0.6 is 7.82 Å². The zero-order valence-corrected chi connectivity index (χ0v) is 23.4. The van der Waals surface area contributed by atoms with Crippen molar-refractivity contribution in [1.82, 2.24) is 0 Å². The summed E-state index contributed by atoms with van der Waals surface area (Å²) in [5, 5.41) is 1.79. The van der Waals surface area contributed by atoms with E-state index in [0.717, 1.165) is 35.6 Å². The summed E-state index contributed by atoms with van der Waals surface area (Å²) < 4.78 is 38.1. The molecule has 0 aromatic heterocycles. The normalized spacial score (nSPS) is 13.2. The molecule has 0 heterocycles. The molecule has 0 aliphatic rings. The van der Waals surface area contributed by atoms with Gasteiger partial charge in [0.2, 0.25) is 0 Å². The van der Waals surface area contributed by atoms with Gasteiger partial charge < -0.3 is 24.0 Å². The summed E-state index contributed by atoms with van der Waals surface area (Å²) >= 11 is 0. The first kappa shape index (κ1) is 31.7. The Labute approximate surface area is 222 Å². The number of ether oxygens (including phenoxy) is 3. The van der Waals surface area contributed by atoms with Crippen LogP contribution in [0.15, 0.2) is 36.4 Å². The molecule has 1 unspecified atom stereocenters. The molecule has 2 aromatic rings. The zero-order chi connectivity index (χ0) is 26.6. The Morgan fingerprint density at radius 3 is 2.05 bits per heavy atom. The Morgan fingerprint density at radius 2 is 1.35 bits per heavy atom. The summed E-state index contributed by atoms with van der Waals surface area (Å²) in [5.74, 6) is 0.458. The topological polar surface area (TPSA) is 92.7 Å². The summed E-state index contributed by atoms with van der Waals surface area (Å²) in [6.07, 6.45) is 10.6. The lowest BCUT2D eigenvalue weighted by atomic mass is 10.00. The largest absolute Gasteiger partial charge is 0.508 e. The number of benzene rings is 2. The molecule has 2 aromatic carbocycles. The van der Waals surface area contributed by atoms with Crippen molar-refractivity contribution >= 4 is 18.6 Å². The third-order valence-corrected chi connectivity index (χ3v) is 6.68. The number of unbranched alkanes of at least 4 members (excludes halogenated alkanes) is 7. The second kappa shape index (κ2) is 19.5. The van der Waals surface area contributed by atoms with Crippen LogP contribution in [0.25, 0.3) is 10.8 Å². The average Bonchev–Trinajstić information content (AvgIpc) is 2.90. The fourth-order valence-corrected chi connectivity index (χ4v) is 4.45. The van der Waals surface area contributed by atoms with Gasteiger partial charge in [0, 0.05) is 12.0 Å². The fraction of sp³-hybridized carbons (Fsp3) is 0.643. The van der Waals surface area contributed by atoms with Gasteiger partial charge in [-0.15, -0.1) is 0 Å². The van der Waals surface area contributed by atoms with Gasteiger partial charge in [0.05, 0.1) is 39.6 Å². The third kappa shape index (κ3) is 13.7. The Balaban J connectivity index is 1.78.